The van der Waals surface area contributed by atoms with E-state index in [4.69, 9.17) is 16.3 Å². The molecule has 0 aliphatic carbocycles. The highest BCUT2D eigenvalue weighted by molar-refractivity contribution is 6.32. The first-order chi connectivity index (χ1) is 8.17. The summed E-state index contributed by atoms with van der Waals surface area (Å²) in [5.74, 6) is 0.660. The van der Waals surface area contributed by atoms with E-state index in [-0.39, 0.29) is 5.91 Å². The minimum Gasteiger partial charge on any atom is -0.492 e. The molecule has 0 bridgehead atoms. The second kappa shape index (κ2) is 7.17. The molecule has 0 atom stereocenters. The van der Waals surface area contributed by atoms with Crippen LogP contribution in [-0.2, 0) is 4.79 Å². The quantitative estimate of drug-likeness (QED) is 0.838. The summed E-state index contributed by atoms with van der Waals surface area (Å²) in [5.41, 5.74) is 0.706. The summed E-state index contributed by atoms with van der Waals surface area (Å²) in [6, 6.07) is 5.28. The van der Waals surface area contributed by atoms with Crippen LogP contribution in [0.1, 0.15) is 33.1 Å². The van der Waals surface area contributed by atoms with Gasteiger partial charge in [-0.1, -0.05) is 25.4 Å². The van der Waals surface area contributed by atoms with Crippen molar-refractivity contribution in [3.8, 4) is 5.75 Å². The maximum Gasteiger partial charge on any atom is 0.224 e. The van der Waals surface area contributed by atoms with Gasteiger partial charge in [-0.05, 0) is 31.0 Å². The fourth-order valence-electron chi connectivity index (χ4n) is 1.36. The zero-order chi connectivity index (χ0) is 12.7. The molecule has 0 heterocycles. The molecule has 1 aromatic rings. The van der Waals surface area contributed by atoms with Gasteiger partial charge in [0.05, 0.1) is 11.6 Å². The first-order valence-electron chi connectivity index (χ1n) is 5.89. The zero-order valence-corrected chi connectivity index (χ0v) is 11.0. The van der Waals surface area contributed by atoms with E-state index in [0.717, 1.165) is 12.8 Å². The Hall–Kier alpha value is -1.22. The lowest BCUT2D eigenvalue weighted by molar-refractivity contribution is -0.116. The normalized spacial score (nSPS) is 10.1. The van der Waals surface area contributed by atoms with E-state index in [0.29, 0.717) is 29.5 Å². The third-order valence-electron chi connectivity index (χ3n) is 2.15. The molecule has 0 aliphatic rings. The predicted octanol–water partition coefficient (Wildman–Crippen LogP) is 3.87. The monoisotopic (exact) mass is 255 g/mol. The Morgan fingerprint density at radius 3 is 2.71 bits per heavy atom. The van der Waals surface area contributed by atoms with Gasteiger partial charge in [-0.25, -0.2) is 0 Å². The second-order valence-electron chi connectivity index (χ2n) is 3.79. The molecule has 0 aliphatic heterocycles. The van der Waals surface area contributed by atoms with Gasteiger partial charge >= 0.3 is 0 Å². The van der Waals surface area contributed by atoms with Crippen LogP contribution in [0.25, 0.3) is 0 Å². The summed E-state index contributed by atoms with van der Waals surface area (Å²) < 4.78 is 5.45. The lowest BCUT2D eigenvalue weighted by atomic mass is 10.2. The molecule has 0 saturated carbocycles. The number of carbonyl (C=O) groups excluding carboxylic acids is 1. The molecule has 1 amide bonds. The SMILES string of the molecule is CCCOc1ccc(NC(=O)CCC)cc1Cl. The highest BCUT2D eigenvalue weighted by Crippen LogP contribution is 2.27. The Morgan fingerprint density at radius 1 is 1.35 bits per heavy atom. The van der Waals surface area contributed by atoms with E-state index in [1.54, 1.807) is 18.2 Å². The molecule has 0 unspecified atom stereocenters. The highest BCUT2D eigenvalue weighted by atomic mass is 35.5. The average molecular weight is 256 g/mol. The van der Waals surface area contributed by atoms with Crippen LogP contribution in [0.4, 0.5) is 5.69 Å². The molecule has 1 N–H and O–H groups in total. The van der Waals surface area contributed by atoms with Gasteiger partial charge in [0.2, 0.25) is 5.91 Å². The van der Waals surface area contributed by atoms with Crippen LogP contribution in [0.2, 0.25) is 5.02 Å². The largest absolute Gasteiger partial charge is 0.492 e. The average Bonchev–Trinajstić information content (AvgIpc) is 2.28. The number of anilines is 1. The maximum atomic E-state index is 11.4. The van der Waals surface area contributed by atoms with Crippen molar-refractivity contribution in [1.82, 2.24) is 0 Å². The van der Waals surface area contributed by atoms with Crippen LogP contribution in [0.15, 0.2) is 18.2 Å². The molecular weight excluding hydrogens is 238 g/mol. The summed E-state index contributed by atoms with van der Waals surface area (Å²) in [5, 5.41) is 3.31. The standard InChI is InChI=1S/C13H18ClNO2/c1-3-5-13(16)15-10-6-7-12(11(14)9-10)17-8-4-2/h6-7,9H,3-5,8H2,1-2H3,(H,15,16). The Bertz CT molecular complexity index is 380. The molecule has 0 saturated heterocycles. The molecule has 4 heteroatoms. The van der Waals surface area contributed by atoms with Crippen LogP contribution in [0.5, 0.6) is 5.75 Å². The van der Waals surface area contributed by atoms with Gasteiger partial charge in [-0.3, -0.25) is 4.79 Å². The van der Waals surface area contributed by atoms with Crippen molar-refractivity contribution in [1.29, 1.82) is 0 Å². The van der Waals surface area contributed by atoms with E-state index in [2.05, 4.69) is 5.32 Å². The number of carbonyl (C=O) groups is 1. The summed E-state index contributed by atoms with van der Waals surface area (Å²) in [7, 11) is 0. The lowest BCUT2D eigenvalue weighted by Crippen LogP contribution is -2.10. The predicted molar refractivity (Wildman–Crippen MR) is 70.8 cm³/mol. The minimum atomic E-state index is 0.00536. The molecule has 0 fully saturated rings. The fourth-order valence-corrected chi connectivity index (χ4v) is 1.59. The van der Waals surface area contributed by atoms with Gasteiger partial charge in [0, 0.05) is 12.1 Å². The Balaban J connectivity index is 2.64. The molecule has 94 valence electrons. The van der Waals surface area contributed by atoms with Crippen LogP contribution >= 0.6 is 11.6 Å². The number of halogens is 1. The molecular formula is C13H18ClNO2. The van der Waals surface area contributed by atoms with Gasteiger partial charge in [-0.2, -0.15) is 0 Å². The van der Waals surface area contributed by atoms with Crippen molar-refractivity contribution in [3.05, 3.63) is 23.2 Å². The van der Waals surface area contributed by atoms with Crippen LogP contribution < -0.4 is 10.1 Å². The van der Waals surface area contributed by atoms with Crippen molar-refractivity contribution in [2.75, 3.05) is 11.9 Å². The second-order valence-corrected chi connectivity index (χ2v) is 4.20. The Labute approximate surface area is 107 Å². The molecule has 0 spiro atoms. The Kier molecular flexibility index (Phi) is 5.84. The van der Waals surface area contributed by atoms with E-state index < -0.39 is 0 Å². The summed E-state index contributed by atoms with van der Waals surface area (Å²) >= 11 is 6.05. The molecule has 17 heavy (non-hydrogen) atoms. The number of hydrogen-bond donors (Lipinski definition) is 1. The number of nitrogens with one attached hydrogen (secondary N) is 1. The third kappa shape index (κ3) is 4.65. The van der Waals surface area contributed by atoms with E-state index in [1.807, 2.05) is 13.8 Å². The molecule has 0 radical (unpaired) electrons. The van der Waals surface area contributed by atoms with Crippen molar-refractivity contribution < 1.29 is 9.53 Å². The zero-order valence-electron chi connectivity index (χ0n) is 10.3. The lowest BCUT2D eigenvalue weighted by Gasteiger charge is -2.09. The van der Waals surface area contributed by atoms with Crippen LogP contribution in [0, 0.1) is 0 Å². The number of rotatable bonds is 6. The number of ether oxygens (including phenoxy) is 1. The van der Waals surface area contributed by atoms with Crippen molar-refractivity contribution in [2.24, 2.45) is 0 Å². The first-order valence-corrected chi connectivity index (χ1v) is 6.27. The summed E-state index contributed by atoms with van der Waals surface area (Å²) in [6.07, 6.45) is 2.29. The molecule has 0 aromatic heterocycles. The van der Waals surface area contributed by atoms with Crippen molar-refractivity contribution >= 4 is 23.2 Å². The topological polar surface area (TPSA) is 38.3 Å². The molecule has 3 nitrogen and oxygen atoms in total. The van der Waals surface area contributed by atoms with E-state index >= 15 is 0 Å². The number of amides is 1. The molecule has 1 rings (SSSR count). The van der Waals surface area contributed by atoms with Gasteiger partial charge < -0.3 is 10.1 Å². The van der Waals surface area contributed by atoms with Crippen LogP contribution in [-0.4, -0.2) is 12.5 Å². The highest BCUT2D eigenvalue weighted by Gasteiger charge is 2.05. The number of hydrogen-bond acceptors (Lipinski definition) is 2. The van der Waals surface area contributed by atoms with Gasteiger partial charge in [0.1, 0.15) is 5.75 Å². The fraction of sp³-hybridized carbons (Fsp3) is 0.462. The van der Waals surface area contributed by atoms with Gasteiger partial charge in [0.15, 0.2) is 0 Å². The van der Waals surface area contributed by atoms with Crippen molar-refractivity contribution in [3.63, 3.8) is 0 Å². The number of benzene rings is 1. The van der Waals surface area contributed by atoms with Crippen molar-refractivity contribution in [2.45, 2.75) is 33.1 Å². The summed E-state index contributed by atoms with van der Waals surface area (Å²) in [6.45, 7) is 4.64. The Morgan fingerprint density at radius 2 is 2.12 bits per heavy atom. The van der Waals surface area contributed by atoms with Gasteiger partial charge in [-0.15, -0.1) is 0 Å². The summed E-state index contributed by atoms with van der Waals surface area (Å²) in [4.78, 5) is 11.4. The molecule has 1 aromatic carbocycles. The first kappa shape index (κ1) is 13.8. The van der Waals surface area contributed by atoms with Crippen LogP contribution in [0.3, 0.4) is 0 Å². The minimum absolute atomic E-state index is 0.00536. The maximum absolute atomic E-state index is 11.4. The van der Waals surface area contributed by atoms with E-state index in [1.165, 1.54) is 0 Å². The van der Waals surface area contributed by atoms with E-state index in [9.17, 15) is 4.79 Å². The third-order valence-corrected chi connectivity index (χ3v) is 2.45. The van der Waals surface area contributed by atoms with Gasteiger partial charge in [0.25, 0.3) is 0 Å². The smallest absolute Gasteiger partial charge is 0.224 e.